The number of hydrogen-bond acceptors (Lipinski definition) is 4. The summed E-state index contributed by atoms with van der Waals surface area (Å²) < 4.78 is 57.4. The first-order chi connectivity index (χ1) is 22.9. The maximum Gasteiger partial charge on any atom is 0.271 e. The topological polar surface area (TPSA) is 74.8 Å². The number of nitrogens with zero attached hydrogens (tertiary/aromatic N) is 2. The Morgan fingerprint density at radius 3 is 1.19 bits per heavy atom. The summed E-state index contributed by atoms with van der Waals surface area (Å²) in [5.41, 5.74) is 6.33. The molecule has 0 heterocycles. The Balaban J connectivity index is 1.54. The second kappa shape index (κ2) is 14.6. The Bertz CT molecular complexity index is 2090. The lowest BCUT2D eigenvalue weighted by atomic mass is 10.0. The van der Waals surface area contributed by atoms with Crippen molar-refractivity contribution in [1.82, 2.24) is 8.61 Å². The molecule has 0 N–H and O–H groups in total. The first kappa shape index (κ1) is 34.1. The molecule has 0 unspecified atom stereocenters. The molecule has 0 aliphatic heterocycles. The van der Waals surface area contributed by atoms with Crippen LogP contribution in [0.1, 0.15) is 44.5 Å². The van der Waals surface area contributed by atoms with Crippen molar-refractivity contribution in [2.24, 2.45) is 0 Å². The molecule has 0 aliphatic carbocycles. The van der Waals surface area contributed by atoms with Gasteiger partial charge in [-0.05, 0) is 92.1 Å². The van der Waals surface area contributed by atoms with Gasteiger partial charge in [-0.1, -0.05) is 102 Å². The van der Waals surface area contributed by atoms with E-state index >= 15 is 0 Å². The van der Waals surface area contributed by atoms with Crippen LogP contribution in [0.25, 0.3) is 0 Å². The van der Waals surface area contributed by atoms with Gasteiger partial charge in [0.15, 0.2) is 0 Å². The van der Waals surface area contributed by atoms with Crippen LogP contribution >= 0.6 is 0 Å². The van der Waals surface area contributed by atoms with Crippen LogP contribution in [-0.4, -0.2) is 25.4 Å². The van der Waals surface area contributed by atoms with Crippen LogP contribution in [0.2, 0.25) is 0 Å². The molecule has 0 fully saturated rings. The zero-order chi connectivity index (χ0) is 34.3. The average Bonchev–Trinajstić information content (AvgIpc) is 3.07. The van der Waals surface area contributed by atoms with Crippen molar-refractivity contribution in [1.29, 1.82) is 0 Å². The predicted octanol–water partition coefficient (Wildman–Crippen LogP) is 7.32. The number of sulfonamides is 2. The lowest BCUT2D eigenvalue weighted by molar-refractivity contribution is 0.507. The molecule has 0 amide bonds. The first-order valence-corrected chi connectivity index (χ1v) is 18.2. The Kier molecular flexibility index (Phi) is 10.4. The van der Waals surface area contributed by atoms with Gasteiger partial charge in [0, 0.05) is 23.2 Å². The van der Waals surface area contributed by atoms with Crippen molar-refractivity contribution in [3.63, 3.8) is 0 Å². The highest BCUT2D eigenvalue weighted by Crippen LogP contribution is 2.22. The van der Waals surface area contributed by atoms with Gasteiger partial charge in [-0.25, -0.2) is 25.4 Å². The third-order valence-corrected chi connectivity index (χ3v) is 11.1. The van der Waals surface area contributed by atoms with E-state index in [2.05, 4.69) is 23.9 Å². The van der Waals surface area contributed by atoms with Crippen molar-refractivity contribution in [2.45, 2.75) is 50.6 Å². The van der Waals surface area contributed by atoms with Gasteiger partial charge in [-0.15, -0.1) is 0 Å². The van der Waals surface area contributed by atoms with Gasteiger partial charge in [0.25, 0.3) is 20.0 Å². The van der Waals surface area contributed by atoms with Gasteiger partial charge in [0.1, 0.15) is 0 Å². The number of rotatable bonds is 8. The zero-order valence-electron chi connectivity index (χ0n) is 27.3. The molecule has 0 spiro atoms. The van der Waals surface area contributed by atoms with Gasteiger partial charge in [0.2, 0.25) is 0 Å². The highest BCUT2D eigenvalue weighted by molar-refractivity contribution is 7.89. The SMILES string of the molecule is Cc1ccc(S(=O)(=O)N(C#Cc2cc(C#CN(Cc3ccccc3)S(=O)(=O)c3ccc(C)cc3)c(C)cc2C)Cc2ccccc2)cc1. The first-order valence-electron chi connectivity index (χ1n) is 15.3. The van der Waals surface area contributed by atoms with Crippen molar-refractivity contribution in [3.05, 3.63) is 166 Å². The van der Waals surface area contributed by atoms with E-state index in [-0.39, 0.29) is 22.9 Å². The maximum absolute atomic E-state index is 13.8. The zero-order valence-corrected chi connectivity index (χ0v) is 28.9. The van der Waals surface area contributed by atoms with E-state index in [0.717, 1.165) is 42.0 Å². The second-order valence-electron chi connectivity index (χ2n) is 11.6. The molecule has 5 rings (SSSR count). The smallest absolute Gasteiger partial charge is 0.220 e. The molecule has 242 valence electrons. The summed E-state index contributed by atoms with van der Waals surface area (Å²) >= 11 is 0. The average molecular weight is 673 g/mol. The Morgan fingerprint density at radius 1 is 0.479 bits per heavy atom. The molecule has 48 heavy (non-hydrogen) atoms. The largest absolute Gasteiger partial charge is 0.271 e. The van der Waals surface area contributed by atoms with Gasteiger partial charge in [0.05, 0.1) is 22.9 Å². The lowest BCUT2D eigenvalue weighted by Gasteiger charge is -2.18. The van der Waals surface area contributed by atoms with Crippen molar-refractivity contribution >= 4 is 20.0 Å². The molecule has 0 radical (unpaired) electrons. The van der Waals surface area contributed by atoms with Gasteiger partial charge >= 0.3 is 0 Å². The van der Waals surface area contributed by atoms with Crippen LogP contribution in [0.5, 0.6) is 0 Å². The minimum Gasteiger partial charge on any atom is -0.220 e. The van der Waals surface area contributed by atoms with E-state index in [1.165, 1.54) is 0 Å². The lowest BCUT2D eigenvalue weighted by Crippen LogP contribution is -2.26. The van der Waals surface area contributed by atoms with Gasteiger partial charge < -0.3 is 0 Å². The number of hydrogen-bond donors (Lipinski definition) is 0. The highest BCUT2D eigenvalue weighted by Gasteiger charge is 2.24. The predicted molar refractivity (Wildman–Crippen MR) is 190 cm³/mol. The summed E-state index contributed by atoms with van der Waals surface area (Å²) in [6, 6.07) is 41.5. The molecular formula is C40H36N2O4S2. The number of benzene rings is 5. The molecule has 6 nitrogen and oxygen atoms in total. The van der Waals surface area contributed by atoms with Crippen molar-refractivity contribution < 1.29 is 16.8 Å². The summed E-state index contributed by atoms with van der Waals surface area (Å²) in [5, 5.41) is 0. The summed E-state index contributed by atoms with van der Waals surface area (Å²) in [6.45, 7) is 7.72. The van der Waals surface area contributed by atoms with Crippen molar-refractivity contribution in [2.75, 3.05) is 0 Å². The minimum atomic E-state index is -3.96. The Morgan fingerprint density at radius 2 is 0.833 bits per heavy atom. The monoisotopic (exact) mass is 672 g/mol. The molecule has 0 atom stereocenters. The molecule has 5 aromatic rings. The Hall–Kier alpha value is -5.28. The third-order valence-electron chi connectivity index (χ3n) is 7.76. The van der Waals surface area contributed by atoms with Crippen LogP contribution in [0.15, 0.2) is 131 Å². The molecule has 0 aromatic heterocycles. The van der Waals surface area contributed by atoms with Crippen LogP contribution in [0.4, 0.5) is 0 Å². The fourth-order valence-electron chi connectivity index (χ4n) is 4.91. The third kappa shape index (κ3) is 8.16. The van der Waals surface area contributed by atoms with Gasteiger partial charge in [-0.3, -0.25) is 0 Å². The molecular weight excluding hydrogens is 637 g/mol. The van der Waals surface area contributed by atoms with Crippen LogP contribution in [0, 0.1) is 51.6 Å². The second-order valence-corrected chi connectivity index (χ2v) is 15.3. The highest BCUT2D eigenvalue weighted by atomic mass is 32.2. The van der Waals surface area contributed by atoms with Gasteiger partial charge in [-0.2, -0.15) is 0 Å². The molecule has 8 heteroatoms. The van der Waals surface area contributed by atoms with Crippen LogP contribution < -0.4 is 0 Å². The fraction of sp³-hybridized carbons (Fsp3) is 0.150. The number of aryl methyl sites for hydroxylation is 4. The van der Waals surface area contributed by atoms with Crippen molar-refractivity contribution in [3.8, 4) is 23.9 Å². The summed E-state index contributed by atoms with van der Waals surface area (Å²) in [5.74, 6) is 6.15. The van der Waals surface area contributed by atoms with E-state index < -0.39 is 20.0 Å². The fourth-order valence-corrected chi connectivity index (χ4v) is 7.35. The maximum atomic E-state index is 13.8. The van der Waals surface area contributed by atoms with E-state index in [9.17, 15) is 16.8 Å². The summed E-state index contributed by atoms with van der Waals surface area (Å²) in [6.07, 6.45) is 0. The van der Waals surface area contributed by atoms with Crippen LogP contribution in [-0.2, 0) is 33.1 Å². The minimum absolute atomic E-state index is 0.0624. The van der Waals surface area contributed by atoms with E-state index in [1.807, 2.05) is 94.4 Å². The van der Waals surface area contributed by atoms with E-state index in [0.29, 0.717) is 11.1 Å². The quantitative estimate of drug-likeness (QED) is 0.128. The normalized spacial score (nSPS) is 11.1. The Labute approximate surface area is 284 Å². The van der Waals surface area contributed by atoms with E-state index in [1.54, 1.807) is 54.6 Å². The summed E-state index contributed by atoms with van der Waals surface area (Å²) in [4.78, 5) is 0.303. The summed E-state index contributed by atoms with van der Waals surface area (Å²) in [7, 11) is -7.91. The molecule has 0 saturated carbocycles. The molecule has 0 bridgehead atoms. The molecule has 0 aliphatic rings. The molecule has 5 aromatic carbocycles. The standard InChI is InChI=1S/C40H36N2O4S2/c1-31-15-19-39(20-16-31)47(43,44)41(29-35-11-7-5-8-12-35)25-23-37-28-38(34(4)27-33(37)3)24-26-42(30-36-13-9-6-10-14-36)48(45,46)40-21-17-32(2)18-22-40/h5-22,27-28H,29-30H2,1-4H3. The molecule has 0 saturated heterocycles. The van der Waals surface area contributed by atoms with E-state index in [4.69, 9.17) is 0 Å². The van der Waals surface area contributed by atoms with Crippen LogP contribution in [0.3, 0.4) is 0 Å².